The summed E-state index contributed by atoms with van der Waals surface area (Å²) in [7, 11) is 0. The van der Waals surface area contributed by atoms with Crippen LogP contribution >= 0.6 is 0 Å². The van der Waals surface area contributed by atoms with Crippen LogP contribution in [0.1, 0.15) is 32.1 Å². The molecule has 0 saturated carbocycles. The molecule has 2 saturated heterocycles. The zero-order chi connectivity index (χ0) is 11.4. The van der Waals surface area contributed by atoms with E-state index in [1.54, 1.807) is 0 Å². The average molecular weight is 226 g/mol. The van der Waals surface area contributed by atoms with Gasteiger partial charge in [0, 0.05) is 13.0 Å². The maximum absolute atomic E-state index is 12.1. The molecule has 0 aromatic rings. The van der Waals surface area contributed by atoms with Crippen LogP contribution in [0.3, 0.4) is 0 Å². The van der Waals surface area contributed by atoms with Crippen molar-refractivity contribution in [2.45, 2.75) is 38.1 Å². The Labute approximate surface area is 97.0 Å². The van der Waals surface area contributed by atoms with Crippen molar-refractivity contribution in [1.82, 2.24) is 10.2 Å². The fourth-order valence-electron chi connectivity index (χ4n) is 2.80. The van der Waals surface area contributed by atoms with Gasteiger partial charge < -0.3 is 15.3 Å². The summed E-state index contributed by atoms with van der Waals surface area (Å²) >= 11 is 0. The number of piperidine rings is 1. The van der Waals surface area contributed by atoms with E-state index in [4.69, 9.17) is 0 Å². The minimum atomic E-state index is 0.0919. The first kappa shape index (κ1) is 11.9. The summed E-state index contributed by atoms with van der Waals surface area (Å²) in [5.74, 6) is 0.803. The lowest BCUT2D eigenvalue weighted by atomic mass is 9.94. The maximum atomic E-state index is 12.1. The zero-order valence-electron chi connectivity index (χ0n) is 9.82. The number of carbonyl (C=O) groups is 1. The van der Waals surface area contributed by atoms with E-state index in [9.17, 15) is 9.90 Å². The molecule has 0 bridgehead atoms. The van der Waals surface area contributed by atoms with Crippen LogP contribution in [-0.2, 0) is 4.79 Å². The molecule has 2 N–H and O–H groups in total. The summed E-state index contributed by atoms with van der Waals surface area (Å²) in [6, 6.07) is 0.0919. The van der Waals surface area contributed by atoms with Crippen LogP contribution in [0.25, 0.3) is 0 Å². The highest BCUT2D eigenvalue weighted by atomic mass is 16.3. The maximum Gasteiger partial charge on any atom is 0.223 e. The molecule has 2 aliphatic rings. The molecule has 0 spiro atoms. The van der Waals surface area contributed by atoms with Gasteiger partial charge in [-0.15, -0.1) is 0 Å². The molecule has 4 heteroatoms. The van der Waals surface area contributed by atoms with Gasteiger partial charge in [-0.2, -0.15) is 0 Å². The van der Waals surface area contributed by atoms with Gasteiger partial charge >= 0.3 is 0 Å². The van der Waals surface area contributed by atoms with Crippen molar-refractivity contribution in [3.05, 3.63) is 0 Å². The molecule has 0 radical (unpaired) electrons. The van der Waals surface area contributed by atoms with Crippen LogP contribution in [0.2, 0.25) is 0 Å². The molecule has 0 aromatic heterocycles. The van der Waals surface area contributed by atoms with Crippen molar-refractivity contribution in [3.8, 4) is 0 Å². The van der Waals surface area contributed by atoms with E-state index >= 15 is 0 Å². The zero-order valence-corrected chi connectivity index (χ0v) is 9.82. The highest BCUT2D eigenvalue weighted by Crippen LogP contribution is 2.22. The lowest BCUT2D eigenvalue weighted by Gasteiger charge is -2.27. The first-order valence-corrected chi connectivity index (χ1v) is 6.42. The molecule has 92 valence electrons. The molecule has 1 amide bonds. The lowest BCUT2D eigenvalue weighted by molar-refractivity contribution is -0.133. The van der Waals surface area contributed by atoms with Gasteiger partial charge in [0.05, 0.1) is 12.6 Å². The molecule has 2 rings (SSSR count). The first-order chi connectivity index (χ1) is 7.81. The van der Waals surface area contributed by atoms with Gasteiger partial charge in [0.15, 0.2) is 0 Å². The average Bonchev–Trinajstić information content (AvgIpc) is 2.78. The number of hydrogen-bond donors (Lipinski definition) is 2. The summed E-state index contributed by atoms with van der Waals surface area (Å²) < 4.78 is 0. The molecule has 2 aliphatic heterocycles. The van der Waals surface area contributed by atoms with Crippen LogP contribution in [-0.4, -0.2) is 48.2 Å². The van der Waals surface area contributed by atoms with E-state index in [-0.39, 0.29) is 18.6 Å². The largest absolute Gasteiger partial charge is 0.394 e. The fourth-order valence-corrected chi connectivity index (χ4v) is 2.80. The van der Waals surface area contributed by atoms with Crippen LogP contribution in [0.4, 0.5) is 0 Å². The molecule has 2 heterocycles. The Bertz CT molecular complexity index is 239. The van der Waals surface area contributed by atoms with Gasteiger partial charge in [0.1, 0.15) is 0 Å². The van der Waals surface area contributed by atoms with Crippen molar-refractivity contribution in [1.29, 1.82) is 0 Å². The van der Waals surface area contributed by atoms with Crippen LogP contribution in [0, 0.1) is 5.92 Å². The third-order valence-corrected chi connectivity index (χ3v) is 3.83. The van der Waals surface area contributed by atoms with Crippen molar-refractivity contribution >= 4 is 5.91 Å². The molecule has 1 atom stereocenters. The Morgan fingerprint density at radius 3 is 2.75 bits per heavy atom. The predicted octanol–water partition coefficient (Wildman–Crippen LogP) is 0.359. The number of aliphatic hydroxyl groups excluding tert-OH is 1. The van der Waals surface area contributed by atoms with Crippen molar-refractivity contribution in [2.24, 2.45) is 5.92 Å². The Morgan fingerprint density at radius 2 is 2.06 bits per heavy atom. The number of rotatable bonds is 3. The van der Waals surface area contributed by atoms with Gasteiger partial charge in [0.25, 0.3) is 0 Å². The summed E-state index contributed by atoms with van der Waals surface area (Å²) in [5, 5.41) is 12.5. The van der Waals surface area contributed by atoms with E-state index < -0.39 is 0 Å². The molecular weight excluding hydrogens is 204 g/mol. The Morgan fingerprint density at radius 1 is 1.31 bits per heavy atom. The van der Waals surface area contributed by atoms with Crippen molar-refractivity contribution < 1.29 is 9.90 Å². The Kier molecular flexibility index (Phi) is 4.18. The molecule has 0 aliphatic carbocycles. The smallest absolute Gasteiger partial charge is 0.223 e. The number of nitrogens with one attached hydrogen (secondary N) is 1. The lowest BCUT2D eigenvalue weighted by Crippen LogP contribution is -2.39. The molecule has 2 fully saturated rings. The molecule has 4 nitrogen and oxygen atoms in total. The standard InChI is InChI=1S/C12H22N2O2/c15-9-11-2-1-7-14(11)12(16)8-10-3-5-13-6-4-10/h10-11,13,15H,1-9H2/t11-/m0/s1. The third-order valence-electron chi connectivity index (χ3n) is 3.83. The fraction of sp³-hybridized carbons (Fsp3) is 0.917. The first-order valence-electron chi connectivity index (χ1n) is 6.42. The quantitative estimate of drug-likeness (QED) is 0.730. The summed E-state index contributed by atoms with van der Waals surface area (Å²) in [5.41, 5.74) is 0. The SMILES string of the molecule is O=C(CC1CCNCC1)N1CCC[C@H]1CO. The second-order valence-corrected chi connectivity index (χ2v) is 4.96. The molecule has 0 aromatic carbocycles. The number of amides is 1. The Hall–Kier alpha value is -0.610. The monoisotopic (exact) mass is 226 g/mol. The highest BCUT2D eigenvalue weighted by Gasteiger charge is 2.29. The Balaban J connectivity index is 1.82. The van der Waals surface area contributed by atoms with Gasteiger partial charge in [0.2, 0.25) is 5.91 Å². The van der Waals surface area contributed by atoms with Gasteiger partial charge in [-0.1, -0.05) is 0 Å². The number of carbonyl (C=O) groups excluding carboxylic acids is 1. The van der Waals surface area contributed by atoms with Crippen LogP contribution in [0.5, 0.6) is 0 Å². The summed E-state index contributed by atoms with van der Waals surface area (Å²) in [4.78, 5) is 14.0. The number of likely N-dealkylation sites (tertiary alicyclic amines) is 1. The third kappa shape index (κ3) is 2.74. The van der Waals surface area contributed by atoms with E-state index in [1.165, 1.54) is 0 Å². The molecular formula is C12H22N2O2. The minimum absolute atomic E-state index is 0.0919. The van der Waals surface area contributed by atoms with Crippen molar-refractivity contribution in [3.63, 3.8) is 0 Å². The number of hydrogen-bond acceptors (Lipinski definition) is 3. The number of nitrogens with zero attached hydrogens (tertiary/aromatic N) is 1. The van der Waals surface area contributed by atoms with Gasteiger partial charge in [-0.25, -0.2) is 0 Å². The van der Waals surface area contributed by atoms with E-state index in [1.807, 2.05) is 4.90 Å². The van der Waals surface area contributed by atoms with E-state index in [2.05, 4.69) is 5.32 Å². The topological polar surface area (TPSA) is 52.6 Å². The highest BCUT2D eigenvalue weighted by molar-refractivity contribution is 5.77. The summed E-state index contributed by atoms with van der Waals surface area (Å²) in [6.45, 7) is 3.05. The number of aliphatic hydroxyl groups is 1. The molecule has 16 heavy (non-hydrogen) atoms. The van der Waals surface area contributed by atoms with Gasteiger partial charge in [-0.05, 0) is 44.7 Å². The van der Waals surface area contributed by atoms with Crippen molar-refractivity contribution in [2.75, 3.05) is 26.2 Å². The van der Waals surface area contributed by atoms with Crippen LogP contribution in [0.15, 0.2) is 0 Å². The minimum Gasteiger partial charge on any atom is -0.394 e. The predicted molar refractivity (Wildman–Crippen MR) is 62.0 cm³/mol. The van der Waals surface area contributed by atoms with E-state index in [0.29, 0.717) is 12.3 Å². The normalized spacial score (nSPS) is 27.3. The molecule has 0 unspecified atom stereocenters. The second-order valence-electron chi connectivity index (χ2n) is 4.96. The van der Waals surface area contributed by atoms with Gasteiger partial charge in [-0.3, -0.25) is 4.79 Å². The van der Waals surface area contributed by atoms with E-state index in [0.717, 1.165) is 45.3 Å². The van der Waals surface area contributed by atoms with Crippen LogP contribution < -0.4 is 5.32 Å². The second kappa shape index (κ2) is 5.64. The summed E-state index contributed by atoms with van der Waals surface area (Å²) in [6.07, 6.45) is 4.92.